The molecule has 0 bridgehead atoms. The van der Waals surface area contributed by atoms with Crippen molar-refractivity contribution < 1.29 is 4.79 Å². The number of nitrogens with zero attached hydrogens (tertiary/aromatic N) is 4. The second kappa shape index (κ2) is 5.53. The standard InChI is InChI=1S/C17H19N5O/c1-21-15(4-9-20-21)12-5-10-22(11-6-12)17(23)16-13-2-7-18-14(13)3-8-19-16/h2-4,7-9,12,18H,5-6,10-11H2,1H3. The highest BCUT2D eigenvalue weighted by molar-refractivity contribution is 6.04. The first-order chi connectivity index (χ1) is 11.2. The van der Waals surface area contributed by atoms with Crippen molar-refractivity contribution >= 4 is 16.8 Å². The number of hydrogen-bond donors (Lipinski definition) is 1. The molecule has 1 N–H and O–H groups in total. The van der Waals surface area contributed by atoms with Gasteiger partial charge in [-0.2, -0.15) is 5.10 Å². The smallest absolute Gasteiger partial charge is 0.273 e. The van der Waals surface area contributed by atoms with Crippen LogP contribution in [0.3, 0.4) is 0 Å². The van der Waals surface area contributed by atoms with E-state index in [0.717, 1.165) is 36.8 Å². The summed E-state index contributed by atoms with van der Waals surface area (Å²) < 4.78 is 1.93. The number of nitrogens with one attached hydrogen (secondary N) is 1. The number of amides is 1. The predicted octanol–water partition coefficient (Wildman–Crippen LogP) is 2.32. The molecule has 0 aromatic carbocycles. The summed E-state index contributed by atoms with van der Waals surface area (Å²) in [6.45, 7) is 1.52. The van der Waals surface area contributed by atoms with Crippen molar-refractivity contribution in [1.29, 1.82) is 0 Å². The lowest BCUT2D eigenvalue weighted by atomic mass is 9.93. The monoisotopic (exact) mass is 309 g/mol. The molecule has 3 aromatic heterocycles. The summed E-state index contributed by atoms with van der Waals surface area (Å²) in [5.74, 6) is 0.501. The van der Waals surface area contributed by atoms with Crippen molar-refractivity contribution in [2.45, 2.75) is 18.8 Å². The van der Waals surface area contributed by atoms with E-state index in [1.807, 2.05) is 41.2 Å². The van der Waals surface area contributed by atoms with Crippen LogP contribution in [0.25, 0.3) is 10.9 Å². The van der Waals surface area contributed by atoms with Gasteiger partial charge in [-0.1, -0.05) is 0 Å². The Balaban J connectivity index is 1.51. The van der Waals surface area contributed by atoms with Crippen molar-refractivity contribution in [3.05, 3.63) is 48.2 Å². The summed E-state index contributed by atoms with van der Waals surface area (Å²) >= 11 is 0. The van der Waals surface area contributed by atoms with Crippen LogP contribution < -0.4 is 0 Å². The highest BCUT2D eigenvalue weighted by Gasteiger charge is 2.27. The number of hydrogen-bond acceptors (Lipinski definition) is 3. The Morgan fingerprint density at radius 3 is 2.78 bits per heavy atom. The molecule has 0 spiro atoms. The summed E-state index contributed by atoms with van der Waals surface area (Å²) in [4.78, 5) is 22.2. The maximum atomic E-state index is 12.8. The van der Waals surface area contributed by atoms with Crippen molar-refractivity contribution in [3.8, 4) is 0 Å². The largest absolute Gasteiger partial charge is 0.361 e. The number of aromatic amines is 1. The van der Waals surface area contributed by atoms with Crippen molar-refractivity contribution in [2.24, 2.45) is 7.05 Å². The fourth-order valence-electron chi connectivity index (χ4n) is 3.47. The SMILES string of the molecule is Cn1nccc1C1CCN(C(=O)c2nccc3[nH]ccc23)CC1. The van der Waals surface area contributed by atoms with Crippen LogP contribution in [0.2, 0.25) is 0 Å². The van der Waals surface area contributed by atoms with E-state index in [1.54, 1.807) is 6.20 Å². The molecule has 3 aromatic rings. The fourth-order valence-corrected chi connectivity index (χ4v) is 3.47. The third-order valence-electron chi connectivity index (χ3n) is 4.74. The fraction of sp³-hybridized carbons (Fsp3) is 0.353. The van der Waals surface area contributed by atoms with E-state index >= 15 is 0 Å². The molecule has 0 atom stereocenters. The average Bonchev–Trinajstić information content (AvgIpc) is 3.22. The predicted molar refractivity (Wildman–Crippen MR) is 87.2 cm³/mol. The highest BCUT2D eigenvalue weighted by atomic mass is 16.2. The third kappa shape index (κ3) is 2.40. The van der Waals surface area contributed by atoms with Gasteiger partial charge in [-0.15, -0.1) is 0 Å². The molecular weight excluding hydrogens is 290 g/mol. The van der Waals surface area contributed by atoms with Gasteiger partial charge in [0.05, 0.1) is 0 Å². The van der Waals surface area contributed by atoms with Crippen LogP contribution in [0.15, 0.2) is 36.8 Å². The molecule has 0 aliphatic carbocycles. The zero-order valence-electron chi connectivity index (χ0n) is 13.1. The number of aryl methyl sites for hydroxylation is 1. The van der Waals surface area contributed by atoms with Crippen LogP contribution in [0, 0.1) is 0 Å². The van der Waals surface area contributed by atoms with Crippen molar-refractivity contribution in [1.82, 2.24) is 24.6 Å². The van der Waals surface area contributed by atoms with E-state index in [-0.39, 0.29) is 5.91 Å². The lowest BCUT2D eigenvalue weighted by Gasteiger charge is -2.32. The van der Waals surface area contributed by atoms with Crippen LogP contribution in [-0.4, -0.2) is 43.6 Å². The van der Waals surface area contributed by atoms with Gasteiger partial charge >= 0.3 is 0 Å². The van der Waals surface area contributed by atoms with Gasteiger partial charge in [0.1, 0.15) is 5.69 Å². The minimum absolute atomic E-state index is 0.0265. The van der Waals surface area contributed by atoms with Crippen LogP contribution in [-0.2, 0) is 7.05 Å². The molecule has 4 rings (SSSR count). The number of rotatable bonds is 2. The average molecular weight is 309 g/mol. The maximum Gasteiger partial charge on any atom is 0.273 e. The van der Waals surface area contributed by atoms with Gasteiger partial charge in [-0.05, 0) is 31.0 Å². The molecule has 118 valence electrons. The van der Waals surface area contributed by atoms with Gasteiger partial charge in [-0.3, -0.25) is 14.5 Å². The number of fused-ring (bicyclic) bond motifs is 1. The Labute approximate surface area is 134 Å². The van der Waals surface area contributed by atoms with Crippen molar-refractivity contribution in [3.63, 3.8) is 0 Å². The van der Waals surface area contributed by atoms with Crippen LogP contribution in [0.5, 0.6) is 0 Å². The van der Waals surface area contributed by atoms with Crippen molar-refractivity contribution in [2.75, 3.05) is 13.1 Å². The van der Waals surface area contributed by atoms with Crippen LogP contribution in [0.1, 0.15) is 34.9 Å². The van der Waals surface area contributed by atoms with Gasteiger partial charge < -0.3 is 9.88 Å². The van der Waals surface area contributed by atoms with E-state index in [2.05, 4.69) is 21.1 Å². The summed E-state index contributed by atoms with van der Waals surface area (Å²) in [6, 6.07) is 5.88. The van der Waals surface area contributed by atoms with Gasteiger partial charge in [0.2, 0.25) is 0 Å². The molecule has 1 fully saturated rings. The highest BCUT2D eigenvalue weighted by Crippen LogP contribution is 2.28. The molecule has 4 heterocycles. The second-order valence-electron chi connectivity index (χ2n) is 6.04. The zero-order valence-corrected chi connectivity index (χ0v) is 13.1. The summed E-state index contributed by atoms with van der Waals surface area (Å²) in [5.41, 5.74) is 2.75. The molecule has 6 nitrogen and oxygen atoms in total. The Morgan fingerprint density at radius 1 is 1.22 bits per heavy atom. The number of piperidine rings is 1. The molecule has 0 saturated carbocycles. The Morgan fingerprint density at radius 2 is 2.04 bits per heavy atom. The van der Waals surface area contributed by atoms with E-state index in [0.29, 0.717) is 11.6 Å². The number of likely N-dealkylation sites (tertiary alicyclic amines) is 1. The Kier molecular flexibility index (Phi) is 3.37. The van der Waals surface area contributed by atoms with Gasteiger partial charge in [0.15, 0.2) is 0 Å². The quantitative estimate of drug-likeness (QED) is 0.790. The topological polar surface area (TPSA) is 66.8 Å². The Bertz CT molecular complexity index is 841. The van der Waals surface area contributed by atoms with E-state index in [9.17, 15) is 4.79 Å². The van der Waals surface area contributed by atoms with E-state index in [4.69, 9.17) is 0 Å². The van der Waals surface area contributed by atoms with Crippen LogP contribution in [0.4, 0.5) is 0 Å². The Hall–Kier alpha value is -2.63. The van der Waals surface area contributed by atoms with Gasteiger partial charge in [-0.25, -0.2) is 0 Å². The molecule has 1 aliphatic heterocycles. The number of H-pyrrole nitrogens is 1. The maximum absolute atomic E-state index is 12.8. The van der Waals surface area contributed by atoms with Gasteiger partial charge in [0.25, 0.3) is 5.91 Å². The van der Waals surface area contributed by atoms with E-state index in [1.165, 1.54) is 5.69 Å². The lowest BCUT2D eigenvalue weighted by molar-refractivity contribution is 0.0707. The number of carbonyl (C=O) groups is 1. The number of aromatic nitrogens is 4. The molecule has 1 aliphatic rings. The number of pyridine rings is 1. The molecule has 0 radical (unpaired) electrons. The molecule has 0 unspecified atom stereocenters. The van der Waals surface area contributed by atoms with Crippen LogP contribution >= 0.6 is 0 Å². The number of carbonyl (C=O) groups excluding carboxylic acids is 1. The summed E-state index contributed by atoms with van der Waals surface area (Å²) in [7, 11) is 1.98. The zero-order chi connectivity index (χ0) is 15.8. The van der Waals surface area contributed by atoms with Gasteiger partial charge in [0, 0.05) is 61.2 Å². The summed E-state index contributed by atoms with van der Waals surface area (Å²) in [6.07, 6.45) is 7.30. The summed E-state index contributed by atoms with van der Waals surface area (Å²) in [5, 5.41) is 5.14. The minimum atomic E-state index is 0.0265. The lowest BCUT2D eigenvalue weighted by Crippen LogP contribution is -2.38. The third-order valence-corrected chi connectivity index (χ3v) is 4.74. The minimum Gasteiger partial charge on any atom is -0.361 e. The second-order valence-corrected chi connectivity index (χ2v) is 6.04. The molecule has 6 heteroatoms. The normalized spacial score (nSPS) is 16.1. The molecular formula is C17H19N5O. The first-order valence-corrected chi connectivity index (χ1v) is 7.93. The first-order valence-electron chi connectivity index (χ1n) is 7.93. The molecule has 1 amide bonds. The molecule has 23 heavy (non-hydrogen) atoms. The van der Waals surface area contributed by atoms with E-state index < -0.39 is 0 Å². The first kappa shape index (κ1) is 14.0. The molecule has 1 saturated heterocycles.